The SMILES string of the molecule is O=C(O)Cn1ncc2c([nH]c3ccccc32)c1=O. The number of hydrogen-bond acceptors (Lipinski definition) is 3. The lowest BCUT2D eigenvalue weighted by Gasteiger charge is -1.99. The first-order valence-corrected chi connectivity index (χ1v) is 5.35. The lowest BCUT2D eigenvalue weighted by Crippen LogP contribution is -2.26. The Hall–Kier alpha value is -2.63. The average Bonchev–Trinajstić information content (AvgIpc) is 2.72. The van der Waals surface area contributed by atoms with Gasteiger partial charge < -0.3 is 10.1 Å². The van der Waals surface area contributed by atoms with Gasteiger partial charge in [0, 0.05) is 16.3 Å². The Morgan fingerprint density at radius 3 is 2.89 bits per heavy atom. The molecule has 3 aromatic rings. The molecule has 2 aromatic heterocycles. The summed E-state index contributed by atoms with van der Waals surface area (Å²) < 4.78 is 0.931. The number of nitrogens with zero attached hydrogens (tertiary/aromatic N) is 2. The summed E-state index contributed by atoms with van der Waals surface area (Å²) in [6.07, 6.45) is 1.51. The van der Waals surface area contributed by atoms with Gasteiger partial charge in [0.1, 0.15) is 12.1 Å². The van der Waals surface area contributed by atoms with E-state index in [0.717, 1.165) is 15.6 Å². The number of carbonyl (C=O) groups is 1. The van der Waals surface area contributed by atoms with Crippen molar-refractivity contribution < 1.29 is 9.90 Å². The number of para-hydroxylation sites is 1. The Labute approximate surface area is 100 Å². The molecule has 0 amide bonds. The van der Waals surface area contributed by atoms with Gasteiger partial charge >= 0.3 is 5.97 Å². The first kappa shape index (κ1) is 10.5. The van der Waals surface area contributed by atoms with Crippen LogP contribution in [0.15, 0.2) is 35.3 Å². The van der Waals surface area contributed by atoms with Crippen LogP contribution in [-0.2, 0) is 11.3 Å². The zero-order chi connectivity index (χ0) is 12.7. The number of hydrogen-bond donors (Lipinski definition) is 2. The minimum Gasteiger partial charge on any atom is -0.480 e. The number of carboxylic acid groups (broad SMARTS) is 1. The lowest BCUT2D eigenvalue weighted by atomic mass is 10.2. The summed E-state index contributed by atoms with van der Waals surface area (Å²) in [7, 11) is 0. The number of aromatic nitrogens is 3. The predicted molar refractivity (Wildman–Crippen MR) is 65.5 cm³/mol. The zero-order valence-electron chi connectivity index (χ0n) is 9.25. The number of fused-ring (bicyclic) bond motifs is 3. The van der Waals surface area contributed by atoms with E-state index in [1.54, 1.807) is 0 Å². The minimum atomic E-state index is -1.10. The van der Waals surface area contributed by atoms with E-state index in [4.69, 9.17) is 5.11 Å². The van der Waals surface area contributed by atoms with Gasteiger partial charge in [0.2, 0.25) is 0 Å². The molecule has 6 nitrogen and oxygen atoms in total. The van der Waals surface area contributed by atoms with Crippen LogP contribution in [0.1, 0.15) is 0 Å². The van der Waals surface area contributed by atoms with E-state index in [2.05, 4.69) is 10.1 Å². The molecule has 0 saturated carbocycles. The highest BCUT2D eigenvalue weighted by molar-refractivity contribution is 6.06. The van der Waals surface area contributed by atoms with Gasteiger partial charge in [0.05, 0.1) is 6.20 Å². The van der Waals surface area contributed by atoms with Crippen molar-refractivity contribution in [1.82, 2.24) is 14.8 Å². The van der Waals surface area contributed by atoms with E-state index in [0.29, 0.717) is 10.9 Å². The summed E-state index contributed by atoms with van der Waals surface area (Å²) in [6.45, 7) is -0.440. The van der Waals surface area contributed by atoms with Crippen LogP contribution in [0.3, 0.4) is 0 Å². The summed E-state index contributed by atoms with van der Waals surface area (Å²) in [4.78, 5) is 25.7. The van der Waals surface area contributed by atoms with Crippen LogP contribution in [0.2, 0.25) is 0 Å². The molecule has 2 N–H and O–H groups in total. The van der Waals surface area contributed by atoms with E-state index in [9.17, 15) is 9.59 Å². The second-order valence-corrected chi connectivity index (χ2v) is 3.96. The first-order valence-electron chi connectivity index (χ1n) is 5.35. The second kappa shape index (κ2) is 3.69. The summed E-state index contributed by atoms with van der Waals surface area (Å²) >= 11 is 0. The third kappa shape index (κ3) is 1.46. The smallest absolute Gasteiger partial charge is 0.325 e. The Balaban J connectivity index is 2.35. The third-order valence-corrected chi connectivity index (χ3v) is 2.81. The van der Waals surface area contributed by atoms with Crippen molar-refractivity contribution in [2.75, 3.05) is 0 Å². The molecule has 0 saturated heterocycles. The Kier molecular flexibility index (Phi) is 2.16. The number of H-pyrrole nitrogens is 1. The highest BCUT2D eigenvalue weighted by atomic mass is 16.4. The standard InChI is InChI=1S/C12H9N3O3/c16-10(17)6-15-12(18)11-8(5-13-15)7-3-1-2-4-9(7)14-11/h1-5,14H,6H2,(H,16,17). The summed E-state index contributed by atoms with van der Waals surface area (Å²) in [6, 6.07) is 7.48. The predicted octanol–water partition coefficient (Wildman–Crippen LogP) is 0.962. The molecule has 0 radical (unpaired) electrons. The maximum absolute atomic E-state index is 12.0. The molecule has 0 aliphatic carbocycles. The van der Waals surface area contributed by atoms with Crippen LogP contribution in [-0.4, -0.2) is 25.8 Å². The number of nitrogens with one attached hydrogen (secondary N) is 1. The largest absolute Gasteiger partial charge is 0.480 e. The van der Waals surface area contributed by atoms with E-state index >= 15 is 0 Å². The summed E-state index contributed by atoms with van der Waals surface area (Å²) in [5.41, 5.74) is 0.790. The van der Waals surface area contributed by atoms with E-state index in [1.165, 1.54) is 6.20 Å². The van der Waals surface area contributed by atoms with Crippen LogP contribution in [0.25, 0.3) is 21.8 Å². The van der Waals surface area contributed by atoms with Crippen molar-refractivity contribution in [3.05, 3.63) is 40.8 Å². The van der Waals surface area contributed by atoms with Gasteiger partial charge in [-0.25, -0.2) is 4.68 Å². The van der Waals surface area contributed by atoms with Crippen LogP contribution >= 0.6 is 0 Å². The van der Waals surface area contributed by atoms with Crippen LogP contribution in [0.5, 0.6) is 0 Å². The normalized spacial score (nSPS) is 11.1. The molecule has 90 valence electrons. The van der Waals surface area contributed by atoms with E-state index in [1.807, 2.05) is 24.3 Å². The molecule has 0 atom stereocenters. The fraction of sp³-hybridized carbons (Fsp3) is 0.0833. The van der Waals surface area contributed by atoms with Gasteiger partial charge in [0.25, 0.3) is 5.56 Å². The third-order valence-electron chi connectivity index (χ3n) is 2.81. The molecule has 0 fully saturated rings. The number of aromatic amines is 1. The molecule has 3 rings (SSSR count). The minimum absolute atomic E-state index is 0.382. The van der Waals surface area contributed by atoms with Crippen molar-refractivity contribution in [3.8, 4) is 0 Å². The summed E-state index contributed by atoms with van der Waals surface area (Å²) in [5.74, 6) is -1.10. The van der Waals surface area contributed by atoms with E-state index < -0.39 is 18.1 Å². The van der Waals surface area contributed by atoms with Gasteiger partial charge in [-0.15, -0.1) is 0 Å². The monoisotopic (exact) mass is 243 g/mol. The zero-order valence-corrected chi connectivity index (χ0v) is 9.25. The molecule has 0 bridgehead atoms. The molecule has 1 aromatic carbocycles. The molecule has 18 heavy (non-hydrogen) atoms. The summed E-state index contributed by atoms with van der Waals surface area (Å²) in [5, 5.41) is 14.2. The molecule has 0 aliphatic rings. The van der Waals surface area contributed by atoms with Gasteiger partial charge in [-0.3, -0.25) is 9.59 Å². The molecular formula is C12H9N3O3. The van der Waals surface area contributed by atoms with Crippen LogP contribution in [0, 0.1) is 0 Å². The van der Waals surface area contributed by atoms with Gasteiger partial charge in [-0.1, -0.05) is 18.2 Å². The maximum Gasteiger partial charge on any atom is 0.325 e. The molecule has 0 spiro atoms. The Morgan fingerprint density at radius 2 is 2.11 bits per heavy atom. The average molecular weight is 243 g/mol. The fourth-order valence-corrected chi connectivity index (χ4v) is 2.02. The quantitative estimate of drug-likeness (QED) is 0.701. The van der Waals surface area contributed by atoms with Crippen molar-refractivity contribution in [3.63, 3.8) is 0 Å². The maximum atomic E-state index is 12.0. The number of aliphatic carboxylic acids is 1. The Morgan fingerprint density at radius 1 is 1.33 bits per heavy atom. The Bertz CT molecular complexity index is 816. The molecule has 2 heterocycles. The first-order chi connectivity index (χ1) is 8.66. The topological polar surface area (TPSA) is 88.0 Å². The van der Waals surface area contributed by atoms with Crippen molar-refractivity contribution in [2.45, 2.75) is 6.54 Å². The second-order valence-electron chi connectivity index (χ2n) is 3.96. The van der Waals surface area contributed by atoms with Crippen molar-refractivity contribution >= 4 is 27.8 Å². The highest BCUT2D eigenvalue weighted by Gasteiger charge is 2.11. The molecule has 0 aliphatic heterocycles. The lowest BCUT2D eigenvalue weighted by molar-refractivity contribution is -0.137. The molecule has 0 unspecified atom stereocenters. The van der Waals surface area contributed by atoms with Gasteiger partial charge in [-0.2, -0.15) is 5.10 Å². The highest BCUT2D eigenvalue weighted by Crippen LogP contribution is 2.21. The van der Waals surface area contributed by atoms with Gasteiger partial charge in [-0.05, 0) is 6.07 Å². The fourth-order valence-electron chi connectivity index (χ4n) is 2.02. The number of rotatable bonds is 2. The van der Waals surface area contributed by atoms with Crippen molar-refractivity contribution in [1.29, 1.82) is 0 Å². The van der Waals surface area contributed by atoms with E-state index in [-0.39, 0.29) is 0 Å². The van der Waals surface area contributed by atoms with Crippen LogP contribution < -0.4 is 5.56 Å². The van der Waals surface area contributed by atoms with Crippen molar-refractivity contribution in [2.24, 2.45) is 0 Å². The van der Waals surface area contributed by atoms with Crippen LogP contribution in [0.4, 0.5) is 0 Å². The number of carboxylic acids is 1. The molecular weight excluding hydrogens is 234 g/mol. The number of benzene rings is 1. The molecule has 6 heteroatoms. The van der Waals surface area contributed by atoms with Gasteiger partial charge in [0.15, 0.2) is 0 Å².